The summed E-state index contributed by atoms with van der Waals surface area (Å²) < 4.78 is 0. The van der Waals surface area contributed by atoms with E-state index in [0.717, 1.165) is 19.3 Å². The molecule has 47 valence electrons. The Morgan fingerprint density at radius 1 is 1.38 bits per heavy atom. The quantitative estimate of drug-likeness (QED) is 0.503. The van der Waals surface area contributed by atoms with Crippen molar-refractivity contribution in [3.63, 3.8) is 0 Å². The van der Waals surface area contributed by atoms with Gasteiger partial charge in [-0.25, -0.2) is 0 Å². The van der Waals surface area contributed by atoms with Crippen LogP contribution in [0.2, 0.25) is 0 Å². The van der Waals surface area contributed by atoms with E-state index in [-0.39, 0.29) is 6.10 Å². The van der Waals surface area contributed by atoms with Crippen molar-refractivity contribution >= 4 is 0 Å². The van der Waals surface area contributed by atoms with Crippen LogP contribution in [0.25, 0.3) is 0 Å². The van der Waals surface area contributed by atoms with Crippen LogP contribution >= 0.6 is 0 Å². The predicted octanol–water partition coefficient (Wildman–Crippen LogP) is 1.37. The van der Waals surface area contributed by atoms with Crippen molar-refractivity contribution < 1.29 is 5.11 Å². The molecule has 2 atom stereocenters. The maximum atomic E-state index is 9.04. The minimum atomic E-state index is -0.0498. The van der Waals surface area contributed by atoms with E-state index in [1.165, 1.54) is 6.42 Å². The third-order valence-corrected chi connectivity index (χ3v) is 1.76. The fraction of sp³-hybridized carbons (Fsp3) is 0.857. The Balaban J connectivity index is 2.23. The number of aliphatic hydroxyl groups excluding tert-OH is 1. The first-order valence-electron chi connectivity index (χ1n) is 3.30. The van der Waals surface area contributed by atoms with E-state index in [2.05, 4.69) is 6.92 Å². The standard InChI is InChI=1S/C7H13O/c1-6-3-2-4-7(8)5-6/h6-8H,1-5H2/t6-,7+/m1/s1. The second kappa shape index (κ2) is 2.49. The van der Waals surface area contributed by atoms with Gasteiger partial charge in [0.05, 0.1) is 6.10 Å². The smallest absolute Gasteiger partial charge is 0.0542 e. The van der Waals surface area contributed by atoms with Crippen LogP contribution in [0, 0.1) is 12.8 Å². The molecule has 1 fully saturated rings. The number of rotatable bonds is 0. The summed E-state index contributed by atoms with van der Waals surface area (Å²) in [7, 11) is 0. The lowest BCUT2D eigenvalue weighted by molar-refractivity contribution is 0.112. The number of hydrogen-bond donors (Lipinski definition) is 1. The van der Waals surface area contributed by atoms with Crippen LogP contribution in [0.4, 0.5) is 0 Å². The second-order valence-electron chi connectivity index (χ2n) is 2.69. The molecule has 0 amide bonds. The molecular formula is C7H13O. The normalized spacial score (nSPS) is 39.8. The van der Waals surface area contributed by atoms with E-state index < -0.39 is 0 Å². The molecule has 1 aliphatic carbocycles. The van der Waals surface area contributed by atoms with Crippen molar-refractivity contribution in [2.75, 3.05) is 0 Å². The highest BCUT2D eigenvalue weighted by atomic mass is 16.3. The largest absolute Gasteiger partial charge is 0.393 e. The average Bonchev–Trinajstić information content (AvgIpc) is 1.64. The van der Waals surface area contributed by atoms with Crippen LogP contribution in [-0.4, -0.2) is 11.2 Å². The zero-order chi connectivity index (χ0) is 5.98. The third-order valence-electron chi connectivity index (χ3n) is 1.76. The van der Waals surface area contributed by atoms with Crippen molar-refractivity contribution in [3.05, 3.63) is 6.92 Å². The van der Waals surface area contributed by atoms with Gasteiger partial charge in [0.1, 0.15) is 0 Å². The average molecular weight is 113 g/mol. The summed E-state index contributed by atoms with van der Waals surface area (Å²) in [5.74, 6) is 0.513. The molecule has 1 nitrogen and oxygen atoms in total. The van der Waals surface area contributed by atoms with Crippen molar-refractivity contribution in [3.8, 4) is 0 Å². The van der Waals surface area contributed by atoms with Gasteiger partial charge < -0.3 is 5.11 Å². The van der Waals surface area contributed by atoms with Gasteiger partial charge in [-0.3, -0.25) is 0 Å². The summed E-state index contributed by atoms with van der Waals surface area (Å²) in [5.41, 5.74) is 0. The van der Waals surface area contributed by atoms with Gasteiger partial charge in [-0.15, -0.1) is 0 Å². The Bertz CT molecular complexity index is 62.8. The van der Waals surface area contributed by atoms with Crippen LogP contribution in [-0.2, 0) is 0 Å². The van der Waals surface area contributed by atoms with Crippen molar-refractivity contribution in [1.29, 1.82) is 0 Å². The lowest BCUT2D eigenvalue weighted by Crippen LogP contribution is -2.17. The SMILES string of the molecule is [CH2][C@@H]1CCC[C@H](O)C1. The van der Waals surface area contributed by atoms with E-state index >= 15 is 0 Å². The lowest BCUT2D eigenvalue weighted by Gasteiger charge is -2.21. The molecule has 1 radical (unpaired) electrons. The molecule has 0 heterocycles. The van der Waals surface area contributed by atoms with Gasteiger partial charge in [-0.2, -0.15) is 0 Å². The van der Waals surface area contributed by atoms with Crippen molar-refractivity contribution in [1.82, 2.24) is 0 Å². The van der Waals surface area contributed by atoms with Crippen LogP contribution < -0.4 is 0 Å². The topological polar surface area (TPSA) is 20.2 Å². The molecule has 1 saturated carbocycles. The van der Waals surface area contributed by atoms with Crippen LogP contribution in [0.1, 0.15) is 25.7 Å². The van der Waals surface area contributed by atoms with Gasteiger partial charge in [0.2, 0.25) is 0 Å². The maximum absolute atomic E-state index is 9.04. The molecule has 0 aromatic carbocycles. The first kappa shape index (κ1) is 6.09. The molecule has 0 bridgehead atoms. The van der Waals surface area contributed by atoms with Gasteiger partial charge in [-0.1, -0.05) is 19.8 Å². The first-order chi connectivity index (χ1) is 3.79. The molecule has 0 aromatic heterocycles. The molecule has 0 saturated heterocycles. The number of aliphatic hydroxyl groups is 1. The fourth-order valence-electron chi connectivity index (χ4n) is 1.26. The lowest BCUT2D eigenvalue weighted by atomic mass is 9.89. The molecular weight excluding hydrogens is 100 g/mol. The van der Waals surface area contributed by atoms with Crippen molar-refractivity contribution in [2.24, 2.45) is 5.92 Å². The molecule has 0 aliphatic heterocycles. The molecule has 8 heavy (non-hydrogen) atoms. The van der Waals surface area contributed by atoms with Crippen molar-refractivity contribution in [2.45, 2.75) is 31.8 Å². The summed E-state index contributed by atoms with van der Waals surface area (Å²) in [4.78, 5) is 0. The highest BCUT2D eigenvalue weighted by Crippen LogP contribution is 2.22. The monoisotopic (exact) mass is 113 g/mol. The van der Waals surface area contributed by atoms with E-state index in [4.69, 9.17) is 5.11 Å². The minimum Gasteiger partial charge on any atom is -0.393 e. The van der Waals surface area contributed by atoms with Gasteiger partial charge in [0.25, 0.3) is 0 Å². The molecule has 1 aliphatic rings. The minimum absolute atomic E-state index is 0.0498. The summed E-state index contributed by atoms with van der Waals surface area (Å²) in [6.07, 6.45) is 4.23. The second-order valence-corrected chi connectivity index (χ2v) is 2.69. The Morgan fingerprint density at radius 3 is 2.50 bits per heavy atom. The van der Waals surface area contributed by atoms with E-state index in [9.17, 15) is 0 Å². The van der Waals surface area contributed by atoms with Gasteiger partial charge in [0.15, 0.2) is 0 Å². The zero-order valence-corrected chi connectivity index (χ0v) is 5.14. The van der Waals surface area contributed by atoms with Gasteiger partial charge in [0, 0.05) is 0 Å². The third kappa shape index (κ3) is 1.48. The Kier molecular flexibility index (Phi) is 1.90. The molecule has 0 aromatic rings. The fourth-order valence-corrected chi connectivity index (χ4v) is 1.26. The first-order valence-corrected chi connectivity index (χ1v) is 3.30. The molecule has 0 unspecified atom stereocenters. The van der Waals surface area contributed by atoms with E-state index in [0.29, 0.717) is 5.92 Å². The Hall–Kier alpha value is -0.0400. The van der Waals surface area contributed by atoms with Crippen LogP contribution in [0.5, 0.6) is 0 Å². The maximum Gasteiger partial charge on any atom is 0.0542 e. The summed E-state index contributed by atoms with van der Waals surface area (Å²) >= 11 is 0. The summed E-state index contributed by atoms with van der Waals surface area (Å²) in [6, 6.07) is 0. The van der Waals surface area contributed by atoms with Gasteiger partial charge >= 0.3 is 0 Å². The van der Waals surface area contributed by atoms with E-state index in [1.807, 2.05) is 0 Å². The molecule has 1 heteroatoms. The number of hydrogen-bond acceptors (Lipinski definition) is 1. The molecule has 0 spiro atoms. The van der Waals surface area contributed by atoms with Gasteiger partial charge in [-0.05, 0) is 18.8 Å². The van der Waals surface area contributed by atoms with Crippen LogP contribution in [0.15, 0.2) is 0 Å². The Labute approximate surface area is 50.7 Å². The predicted molar refractivity (Wildman–Crippen MR) is 33.3 cm³/mol. The highest BCUT2D eigenvalue weighted by molar-refractivity contribution is 4.72. The summed E-state index contributed by atoms with van der Waals surface area (Å²) in [5, 5.41) is 9.04. The molecule has 1 rings (SSSR count). The zero-order valence-electron chi connectivity index (χ0n) is 5.14. The van der Waals surface area contributed by atoms with E-state index in [1.54, 1.807) is 0 Å². The highest BCUT2D eigenvalue weighted by Gasteiger charge is 2.15. The Morgan fingerprint density at radius 2 is 2.12 bits per heavy atom. The molecule has 1 N–H and O–H groups in total. The summed E-state index contributed by atoms with van der Waals surface area (Å²) in [6.45, 7) is 3.89. The van der Waals surface area contributed by atoms with Crippen LogP contribution in [0.3, 0.4) is 0 Å².